The molecule has 0 aliphatic rings. The predicted octanol–water partition coefficient (Wildman–Crippen LogP) is 10.3. The van der Waals surface area contributed by atoms with Crippen LogP contribution >= 0.6 is 0 Å². The molecule has 0 saturated carbocycles. The van der Waals surface area contributed by atoms with Crippen molar-refractivity contribution in [3.63, 3.8) is 0 Å². The Morgan fingerprint density at radius 3 is 1.86 bits per heavy atom. The lowest BCUT2D eigenvalue weighted by molar-refractivity contribution is 0.631. The minimum absolute atomic E-state index is 0.559. The Balaban J connectivity index is 1.21. The summed E-state index contributed by atoms with van der Waals surface area (Å²) in [6.07, 6.45) is 0. The lowest BCUT2D eigenvalue weighted by atomic mass is 10.1. The SMILES string of the molecule is c1ccc2cc(-c3nc(-c4ccc(-c5cc6ccccc6o5)cc4)nc(-c4cccc5c4oc4ccccc45)n3)ccc2c1. The molecule has 5 nitrogen and oxygen atoms in total. The van der Waals surface area contributed by atoms with Gasteiger partial charge in [0, 0.05) is 32.8 Å². The molecule has 0 saturated heterocycles. The van der Waals surface area contributed by atoms with E-state index in [9.17, 15) is 0 Å². The van der Waals surface area contributed by atoms with Crippen LogP contribution in [0, 0.1) is 0 Å². The third-order valence-corrected chi connectivity index (χ3v) is 8.14. The second kappa shape index (κ2) is 9.75. The van der Waals surface area contributed by atoms with E-state index in [0.717, 1.165) is 66.3 Å². The molecule has 0 spiro atoms. The first-order valence-corrected chi connectivity index (χ1v) is 14.5. The topological polar surface area (TPSA) is 65.0 Å². The van der Waals surface area contributed by atoms with Gasteiger partial charge in [-0.25, -0.2) is 15.0 Å². The van der Waals surface area contributed by atoms with Crippen LogP contribution < -0.4 is 0 Å². The van der Waals surface area contributed by atoms with Crippen molar-refractivity contribution in [2.24, 2.45) is 0 Å². The van der Waals surface area contributed by atoms with E-state index >= 15 is 0 Å². The quantitative estimate of drug-likeness (QED) is 0.212. The minimum atomic E-state index is 0.559. The van der Waals surface area contributed by atoms with Crippen molar-refractivity contribution < 1.29 is 8.83 Å². The number of nitrogens with zero attached hydrogens (tertiary/aromatic N) is 3. The monoisotopic (exact) mass is 565 g/mol. The zero-order chi connectivity index (χ0) is 29.0. The molecule has 0 radical (unpaired) electrons. The van der Waals surface area contributed by atoms with Crippen LogP contribution in [-0.4, -0.2) is 15.0 Å². The van der Waals surface area contributed by atoms with Crippen LogP contribution in [0.3, 0.4) is 0 Å². The maximum Gasteiger partial charge on any atom is 0.167 e. The summed E-state index contributed by atoms with van der Waals surface area (Å²) in [6, 6.07) is 47.1. The average Bonchev–Trinajstić information content (AvgIpc) is 3.70. The summed E-state index contributed by atoms with van der Waals surface area (Å²) >= 11 is 0. The number of hydrogen-bond donors (Lipinski definition) is 0. The minimum Gasteiger partial charge on any atom is -0.456 e. The molecule has 0 bridgehead atoms. The molecule has 3 aromatic heterocycles. The highest BCUT2D eigenvalue weighted by molar-refractivity contribution is 6.09. The fourth-order valence-corrected chi connectivity index (χ4v) is 5.91. The van der Waals surface area contributed by atoms with Crippen LogP contribution in [0.15, 0.2) is 148 Å². The number of hydrogen-bond acceptors (Lipinski definition) is 5. The Morgan fingerprint density at radius 1 is 0.386 bits per heavy atom. The van der Waals surface area contributed by atoms with E-state index in [-0.39, 0.29) is 0 Å². The summed E-state index contributed by atoms with van der Waals surface area (Å²) in [6.45, 7) is 0. The fourth-order valence-electron chi connectivity index (χ4n) is 5.91. The van der Waals surface area contributed by atoms with Gasteiger partial charge in [-0.3, -0.25) is 0 Å². The standard InChI is InChI=1S/C39H23N3O2/c1-2-9-27-22-29(21-16-24(27)8-1)38-40-37(26-19-17-25(18-20-26)35-23-28-10-3-5-14-33(28)43-35)41-39(42-38)32-13-7-12-31-30-11-4-6-15-34(30)44-36(31)32/h1-23H. The van der Waals surface area contributed by atoms with Gasteiger partial charge in [0.1, 0.15) is 22.5 Å². The number of fused-ring (bicyclic) bond motifs is 5. The summed E-state index contributed by atoms with van der Waals surface area (Å²) in [5.74, 6) is 2.57. The lowest BCUT2D eigenvalue weighted by Gasteiger charge is -2.10. The third kappa shape index (κ3) is 4.06. The smallest absolute Gasteiger partial charge is 0.167 e. The second-order valence-electron chi connectivity index (χ2n) is 10.9. The van der Waals surface area contributed by atoms with Gasteiger partial charge in [0.25, 0.3) is 0 Å². The zero-order valence-electron chi connectivity index (χ0n) is 23.4. The molecule has 0 fully saturated rings. The summed E-state index contributed by atoms with van der Waals surface area (Å²) < 4.78 is 12.5. The molecule has 0 unspecified atom stereocenters. The Morgan fingerprint density at radius 2 is 1.02 bits per heavy atom. The van der Waals surface area contributed by atoms with Crippen molar-refractivity contribution in [1.29, 1.82) is 0 Å². The molecule has 44 heavy (non-hydrogen) atoms. The first-order chi connectivity index (χ1) is 21.8. The van der Waals surface area contributed by atoms with E-state index in [0.29, 0.717) is 17.5 Å². The van der Waals surface area contributed by atoms with Crippen LogP contribution in [0.1, 0.15) is 0 Å². The zero-order valence-corrected chi connectivity index (χ0v) is 23.4. The van der Waals surface area contributed by atoms with Gasteiger partial charge in [0.2, 0.25) is 0 Å². The van der Waals surface area contributed by atoms with Crippen LogP contribution in [0.25, 0.3) is 89.2 Å². The second-order valence-corrected chi connectivity index (χ2v) is 10.9. The predicted molar refractivity (Wildman–Crippen MR) is 176 cm³/mol. The van der Waals surface area contributed by atoms with Crippen molar-refractivity contribution in [1.82, 2.24) is 15.0 Å². The average molecular weight is 566 g/mol. The summed E-state index contributed by atoms with van der Waals surface area (Å²) in [4.78, 5) is 15.0. The van der Waals surface area contributed by atoms with E-state index in [1.807, 2.05) is 84.9 Å². The summed E-state index contributed by atoms with van der Waals surface area (Å²) in [5, 5.41) is 5.47. The Hall–Kier alpha value is -6.07. The molecular weight excluding hydrogens is 542 g/mol. The highest BCUT2D eigenvalue weighted by Gasteiger charge is 2.18. The number of aromatic nitrogens is 3. The van der Waals surface area contributed by atoms with Gasteiger partial charge in [-0.2, -0.15) is 0 Å². The van der Waals surface area contributed by atoms with E-state index in [1.54, 1.807) is 0 Å². The fraction of sp³-hybridized carbons (Fsp3) is 0. The van der Waals surface area contributed by atoms with Gasteiger partial charge in [0.05, 0.1) is 5.56 Å². The molecule has 9 rings (SSSR count). The van der Waals surface area contributed by atoms with Crippen LogP contribution in [-0.2, 0) is 0 Å². The van der Waals surface area contributed by atoms with E-state index in [1.165, 1.54) is 5.39 Å². The molecule has 0 atom stereocenters. The van der Waals surface area contributed by atoms with Crippen molar-refractivity contribution in [2.45, 2.75) is 0 Å². The van der Waals surface area contributed by atoms with Gasteiger partial charge >= 0.3 is 0 Å². The molecule has 9 aromatic rings. The molecule has 3 heterocycles. The van der Waals surface area contributed by atoms with Crippen molar-refractivity contribution in [2.75, 3.05) is 0 Å². The Labute approximate surface area is 252 Å². The van der Waals surface area contributed by atoms with Gasteiger partial charge in [-0.15, -0.1) is 0 Å². The van der Waals surface area contributed by atoms with Gasteiger partial charge in [-0.05, 0) is 41.1 Å². The maximum absolute atomic E-state index is 6.37. The first kappa shape index (κ1) is 24.5. The van der Waals surface area contributed by atoms with E-state index in [4.69, 9.17) is 23.8 Å². The molecule has 0 amide bonds. The van der Waals surface area contributed by atoms with Crippen molar-refractivity contribution in [3.8, 4) is 45.5 Å². The molecule has 6 aromatic carbocycles. The van der Waals surface area contributed by atoms with E-state index < -0.39 is 0 Å². The van der Waals surface area contributed by atoms with Crippen molar-refractivity contribution in [3.05, 3.63) is 140 Å². The number of para-hydroxylation sites is 3. The summed E-state index contributed by atoms with van der Waals surface area (Å²) in [5.41, 5.74) is 6.07. The number of furan rings is 2. The molecule has 0 N–H and O–H groups in total. The molecule has 206 valence electrons. The van der Waals surface area contributed by atoms with Gasteiger partial charge in [0.15, 0.2) is 17.5 Å². The molecular formula is C39H23N3O2. The normalized spacial score (nSPS) is 11.6. The highest BCUT2D eigenvalue weighted by Crippen LogP contribution is 2.36. The first-order valence-electron chi connectivity index (χ1n) is 14.5. The number of rotatable bonds is 4. The van der Waals surface area contributed by atoms with E-state index in [2.05, 4.69) is 54.6 Å². The third-order valence-electron chi connectivity index (χ3n) is 8.14. The molecule has 5 heteroatoms. The largest absolute Gasteiger partial charge is 0.456 e. The van der Waals surface area contributed by atoms with Crippen LogP contribution in [0.2, 0.25) is 0 Å². The number of benzene rings is 6. The van der Waals surface area contributed by atoms with Gasteiger partial charge < -0.3 is 8.83 Å². The maximum atomic E-state index is 6.37. The highest BCUT2D eigenvalue weighted by atomic mass is 16.3. The molecule has 0 aliphatic carbocycles. The molecule has 0 aliphatic heterocycles. The Bertz CT molecular complexity index is 2470. The van der Waals surface area contributed by atoms with Crippen LogP contribution in [0.5, 0.6) is 0 Å². The Kier molecular flexibility index (Phi) is 5.43. The van der Waals surface area contributed by atoms with Gasteiger partial charge in [-0.1, -0.05) is 109 Å². The van der Waals surface area contributed by atoms with Crippen molar-refractivity contribution >= 4 is 43.7 Å². The van der Waals surface area contributed by atoms with Crippen LogP contribution in [0.4, 0.5) is 0 Å². The summed E-state index contributed by atoms with van der Waals surface area (Å²) in [7, 11) is 0. The lowest BCUT2D eigenvalue weighted by Crippen LogP contribution is -2.00.